The summed E-state index contributed by atoms with van der Waals surface area (Å²) in [6, 6.07) is 19.6. The van der Waals surface area contributed by atoms with Crippen LogP contribution in [0, 0.1) is 0 Å². The first kappa shape index (κ1) is 16.6. The van der Waals surface area contributed by atoms with E-state index in [-0.39, 0.29) is 23.8 Å². The van der Waals surface area contributed by atoms with Crippen molar-refractivity contribution in [1.82, 2.24) is 9.97 Å². The molecule has 3 aromatic rings. The Morgan fingerprint density at radius 2 is 1.69 bits per heavy atom. The maximum Gasteiger partial charge on any atom is 0.257 e. The van der Waals surface area contributed by atoms with Gasteiger partial charge in [-0.2, -0.15) is 0 Å². The topological polar surface area (TPSA) is 74.8 Å². The Kier molecular flexibility index (Phi) is 4.58. The summed E-state index contributed by atoms with van der Waals surface area (Å²) in [7, 11) is 0. The molecule has 5 nitrogen and oxygen atoms in total. The van der Waals surface area contributed by atoms with Gasteiger partial charge in [0, 0.05) is 18.1 Å². The van der Waals surface area contributed by atoms with Gasteiger partial charge in [-0.1, -0.05) is 72.4 Å². The van der Waals surface area contributed by atoms with Crippen LogP contribution in [0.5, 0.6) is 0 Å². The van der Waals surface area contributed by atoms with Gasteiger partial charge in [-0.15, -0.1) is 0 Å². The van der Waals surface area contributed by atoms with Crippen LogP contribution in [0.3, 0.4) is 0 Å². The highest BCUT2D eigenvalue weighted by atomic mass is 32.2. The van der Waals surface area contributed by atoms with Crippen molar-refractivity contribution < 1.29 is 4.79 Å². The minimum atomic E-state index is -0.274. The van der Waals surface area contributed by atoms with E-state index in [4.69, 9.17) is 0 Å². The Morgan fingerprint density at radius 1 is 1.00 bits per heavy atom. The van der Waals surface area contributed by atoms with Gasteiger partial charge in [0.05, 0.1) is 5.56 Å². The first-order chi connectivity index (χ1) is 12.7. The summed E-state index contributed by atoms with van der Waals surface area (Å²) in [5, 5.41) is 3.26. The maximum atomic E-state index is 12.7. The fourth-order valence-electron chi connectivity index (χ4n) is 3.11. The Bertz CT molecular complexity index is 987. The number of aromatic amines is 1. The van der Waals surface area contributed by atoms with Crippen molar-refractivity contribution in [3.05, 3.63) is 87.7 Å². The van der Waals surface area contributed by atoms with Gasteiger partial charge < -0.3 is 10.3 Å². The third-order valence-corrected chi connectivity index (χ3v) is 5.29. The second-order valence-electron chi connectivity index (χ2n) is 6.12. The van der Waals surface area contributed by atoms with Crippen LogP contribution in [0.1, 0.15) is 29.0 Å². The van der Waals surface area contributed by atoms with Crippen LogP contribution < -0.4 is 10.9 Å². The summed E-state index contributed by atoms with van der Waals surface area (Å²) in [4.78, 5) is 32.2. The van der Waals surface area contributed by atoms with Gasteiger partial charge in [-0.05, 0) is 11.1 Å². The molecule has 0 radical (unpaired) electrons. The molecule has 0 bridgehead atoms. The Labute approximate surface area is 154 Å². The molecule has 0 saturated carbocycles. The predicted molar refractivity (Wildman–Crippen MR) is 102 cm³/mol. The molecule has 0 saturated heterocycles. The molecule has 1 aliphatic rings. The lowest BCUT2D eigenvalue weighted by atomic mass is 9.87. The molecule has 4 rings (SSSR count). The van der Waals surface area contributed by atoms with Gasteiger partial charge in [-0.3, -0.25) is 9.59 Å². The minimum Gasteiger partial charge on any atom is -0.310 e. The summed E-state index contributed by atoms with van der Waals surface area (Å²) < 4.78 is 0. The standard InChI is InChI=1S/C20H17N3O2S/c24-16-11-15(14-9-5-2-6-10-14)17-18(21-16)22-20(23-19(17)25)26-12-13-7-3-1-4-8-13/h1-10,15H,11-12H2,(H2,21,22,23,24,25). The summed E-state index contributed by atoms with van der Waals surface area (Å²) in [5.41, 5.74) is 2.42. The molecule has 0 fully saturated rings. The molecular weight excluding hydrogens is 346 g/mol. The molecular formula is C20H17N3O2S. The van der Waals surface area contributed by atoms with Crippen molar-refractivity contribution in [2.45, 2.75) is 23.2 Å². The maximum absolute atomic E-state index is 12.7. The minimum absolute atomic E-state index is 0.122. The summed E-state index contributed by atoms with van der Waals surface area (Å²) in [6.45, 7) is 0. The Hall–Kier alpha value is -2.86. The van der Waals surface area contributed by atoms with Crippen LogP contribution >= 0.6 is 11.8 Å². The molecule has 6 heteroatoms. The zero-order chi connectivity index (χ0) is 17.9. The first-order valence-electron chi connectivity index (χ1n) is 8.36. The number of nitrogens with zero attached hydrogens (tertiary/aromatic N) is 1. The molecule has 2 heterocycles. The highest BCUT2D eigenvalue weighted by molar-refractivity contribution is 7.98. The number of hydrogen-bond acceptors (Lipinski definition) is 4. The fourth-order valence-corrected chi connectivity index (χ4v) is 3.93. The zero-order valence-electron chi connectivity index (χ0n) is 13.9. The van der Waals surface area contributed by atoms with Gasteiger partial charge >= 0.3 is 0 Å². The number of fused-ring (bicyclic) bond motifs is 1. The number of anilines is 1. The molecule has 1 aromatic heterocycles. The van der Waals surface area contributed by atoms with E-state index >= 15 is 0 Å². The molecule has 1 atom stereocenters. The van der Waals surface area contributed by atoms with E-state index in [9.17, 15) is 9.59 Å². The number of benzene rings is 2. The number of amides is 1. The number of H-pyrrole nitrogens is 1. The normalized spacial score (nSPS) is 16.0. The van der Waals surface area contributed by atoms with Crippen LogP contribution in [0.15, 0.2) is 70.6 Å². The lowest BCUT2D eigenvalue weighted by Crippen LogP contribution is -2.31. The molecule has 0 aliphatic carbocycles. The van der Waals surface area contributed by atoms with Gasteiger partial charge in [0.25, 0.3) is 5.56 Å². The highest BCUT2D eigenvalue weighted by Gasteiger charge is 2.30. The van der Waals surface area contributed by atoms with Crippen molar-refractivity contribution in [1.29, 1.82) is 0 Å². The summed E-state index contributed by atoms with van der Waals surface area (Å²) in [6.07, 6.45) is 0.248. The van der Waals surface area contributed by atoms with Crippen LogP contribution in [0.2, 0.25) is 0 Å². The zero-order valence-corrected chi connectivity index (χ0v) is 14.8. The van der Waals surface area contributed by atoms with E-state index < -0.39 is 0 Å². The second-order valence-corrected chi connectivity index (χ2v) is 7.09. The van der Waals surface area contributed by atoms with E-state index in [0.717, 1.165) is 11.1 Å². The van der Waals surface area contributed by atoms with Gasteiger partial charge in [0.1, 0.15) is 5.82 Å². The molecule has 26 heavy (non-hydrogen) atoms. The van der Waals surface area contributed by atoms with Crippen LogP contribution in [0.4, 0.5) is 5.82 Å². The predicted octanol–water partition coefficient (Wildman–Crippen LogP) is 3.54. The molecule has 0 spiro atoms. The molecule has 2 aromatic carbocycles. The average Bonchev–Trinajstić information content (AvgIpc) is 2.67. The average molecular weight is 363 g/mol. The number of thioether (sulfide) groups is 1. The van der Waals surface area contributed by atoms with Crippen molar-refractivity contribution in [3.63, 3.8) is 0 Å². The van der Waals surface area contributed by atoms with Gasteiger partial charge in [-0.25, -0.2) is 4.98 Å². The smallest absolute Gasteiger partial charge is 0.257 e. The molecule has 2 N–H and O–H groups in total. The molecule has 1 unspecified atom stereocenters. The number of rotatable bonds is 4. The first-order valence-corrected chi connectivity index (χ1v) is 9.35. The third-order valence-electron chi connectivity index (χ3n) is 4.35. The van der Waals surface area contributed by atoms with Crippen molar-refractivity contribution in [3.8, 4) is 0 Å². The summed E-state index contributed by atoms with van der Waals surface area (Å²) in [5.74, 6) is 0.667. The fraction of sp³-hybridized carbons (Fsp3) is 0.150. The van der Waals surface area contributed by atoms with E-state index in [2.05, 4.69) is 15.3 Å². The number of aromatic nitrogens is 2. The van der Waals surface area contributed by atoms with Crippen molar-refractivity contribution in [2.24, 2.45) is 0 Å². The lowest BCUT2D eigenvalue weighted by Gasteiger charge is -2.24. The van der Waals surface area contributed by atoms with Gasteiger partial charge in [0.2, 0.25) is 5.91 Å². The van der Waals surface area contributed by atoms with E-state index in [1.807, 2.05) is 60.7 Å². The van der Waals surface area contributed by atoms with Crippen molar-refractivity contribution in [2.75, 3.05) is 5.32 Å². The molecule has 1 amide bonds. The van der Waals surface area contributed by atoms with Gasteiger partial charge in [0.15, 0.2) is 5.16 Å². The number of hydrogen-bond donors (Lipinski definition) is 2. The van der Waals surface area contributed by atoms with Crippen LogP contribution in [0.25, 0.3) is 0 Å². The van der Waals surface area contributed by atoms with E-state index in [1.54, 1.807) is 0 Å². The monoisotopic (exact) mass is 363 g/mol. The largest absolute Gasteiger partial charge is 0.310 e. The Morgan fingerprint density at radius 3 is 2.42 bits per heavy atom. The highest BCUT2D eigenvalue weighted by Crippen LogP contribution is 2.34. The summed E-state index contributed by atoms with van der Waals surface area (Å²) >= 11 is 1.44. The van der Waals surface area contributed by atoms with Crippen LogP contribution in [-0.4, -0.2) is 15.9 Å². The molecule has 130 valence electrons. The lowest BCUT2D eigenvalue weighted by molar-refractivity contribution is -0.116. The number of nitrogens with one attached hydrogen (secondary N) is 2. The number of carbonyl (C=O) groups excluding carboxylic acids is 1. The Balaban J connectivity index is 1.66. The second kappa shape index (κ2) is 7.17. The number of carbonyl (C=O) groups is 1. The quantitative estimate of drug-likeness (QED) is 0.549. The molecule has 1 aliphatic heterocycles. The van der Waals surface area contributed by atoms with Crippen molar-refractivity contribution >= 4 is 23.5 Å². The van der Waals surface area contributed by atoms with E-state index in [0.29, 0.717) is 22.3 Å². The SMILES string of the molecule is O=C1CC(c2ccccc2)c2c(nc(SCc3ccccc3)[nH]c2=O)N1. The third kappa shape index (κ3) is 3.41. The van der Waals surface area contributed by atoms with E-state index in [1.165, 1.54) is 11.8 Å². The van der Waals surface area contributed by atoms with Crippen LogP contribution in [-0.2, 0) is 10.5 Å².